The van der Waals surface area contributed by atoms with Gasteiger partial charge in [-0.15, -0.1) is 0 Å². The number of hydrogen-bond acceptors (Lipinski definition) is 3. The molecule has 1 heterocycles. The minimum Gasteiger partial charge on any atom is -0.326 e. The highest BCUT2D eigenvalue weighted by atomic mass is 19.1. The molecule has 0 bridgehead atoms. The zero-order valence-corrected chi connectivity index (χ0v) is 9.24. The summed E-state index contributed by atoms with van der Waals surface area (Å²) in [6.45, 7) is 3.82. The second-order valence-electron chi connectivity index (χ2n) is 3.57. The number of nitrogens with two attached hydrogens (primary N) is 1. The van der Waals surface area contributed by atoms with Crippen molar-refractivity contribution < 1.29 is 4.39 Å². The third-order valence-corrected chi connectivity index (χ3v) is 2.38. The van der Waals surface area contributed by atoms with Crippen molar-refractivity contribution in [2.75, 3.05) is 0 Å². The molecule has 2 N–H and O–H groups in total. The number of benzene rings is 1. The van der Waals surface area contributed by atoms with E-state index < -0.39 is 0 Å². The van der Waals surface area contributed by atoms with Gasteiger partial charge in [0.1, 0.15) is 23.2 Å². The maximum atomic E-state index is 13.8. The van der Waals surface area contributed by atoms with Gasteiger partial charge in [-0.05, 0) is 25.5 Å². The van der Waals surface area contributed by atoms with Crippen LogP contribution in [0.5, 0.6) is 0 Å². The molecule has 0 aliphatic carbocycles. The van der Waals surface area contributed by atoms with Crippen molar-refractivity contribution in [2.45, 2.75) is 20.4 Å². The van der Waals surface area contributed by atoms with Crippen molar-refractivity contribution in [1.29, 1.82) is 0 Å². The molecule has 5 heteroatoms. The fourth-order valence-corrected chi connectivity index (χ4v) is 1.69. The van der Waals surface area contributed by atoms with Gasteiger partial charge in [-0.2, -0.15) is 5.10 Å². The Morgan fingerprint density at radius 3 is 2.69 bits per heavy atom. The predicted molar refractivity (Wildman–Crippen MR) is 58.7 cm³/mol. The van der Waals surface area contributed by atoms with Crippen LogP contribution in [0.15, 0.2) is 18.2 Å². The first-order chi connectivity index (χ1) is 7.63. The summed E-state index contributed by atoms with van der Waals surface area (Å²) in [6, 6.07) is 4.82. The Hall–Kier alpha value is -1.75. The van der Waals surface area contributed by atoms with Gasteiger partial charge in [0.05, 0.1) is 0 Å². The monoisotopic (exact) mass is 220 g/mol. The molecule has 1 aromatic heterocycles. The highest BCUT2D eigenvalue weighted by Gasteiger charge is 2.13. The molecule has 1 aromatic carbocycles. The van der Waals surface area contributed by atoms with Crippen LogP contribution in [0.3, 0.4) is 0 Å². The largest absolute Gasteiger partial charge is 0.326 e. The predicted octanol–water partition coefficient (Wildman–Crippen LogP) is 1.48. The SMILES string of the molecule is Cc1nc(C)n(-c2c(F)cccc2CN)n1. The van der Waals surface area contributed by atoms with Gasteiger partial charge < -0.3 is 5.73 Å². The van der Waals surface area contributed by atoms with Gasteiger partial charge in [0, 0.05) is 6.54 Å². The number of aromatic nitrogens is 3. The first-order valence-electron chi connectivity index (χ1n) is 5.01. The van der Waals surface area contributed by atoms with E-state index in [0.717, 1.165) is 0 Å². The summed E-state index contributed by atoms with van der Waals surface area (Å²) < 4.78 is 15.3. The van der Waals surface area contributed by atoms with E-state index in [2.05, 4.69) is 10.1 Å². The zero-order valence-electron chi connectivity index (χ0n) is 9.24. The van der Waals surface area contributed by atoms with Gasteiger partial charge in [0.25, 0.3) is 0 Å². The van der Waals surface area contributed by atoms with Crippen molar-refractivity contribution in [1.82, 2.24) is 14.8 Å². The van der Waals surface area contributed by atoms with Crippen LogP contribution in [0.2, 0.25) is 0 Å². The number of nitrogens with zero attached hydrogens (tertiary/aromatic N) is 3. The molecule has 4 nitrogen and oxygen atoms in total. The molecule has 0 saturated heterocycles. The fourth-order valence-electron chi connectivity index (χ4n) is 1.69. The standard InChI is InChI=1S/C11H13FN4/c1-7-14-8(2)16(15-7)11-9(6-13)4-3-5-10(11)12/h3-5H,6,13H2,1-2H3. The van der Waals surface area contributed by atoms with Crippen molar-refractivity contribution in [2.24, 2.45) is 5.73 Å². The third kappa shape index (κ3) is 1.69. The van der Waals surface area contributed by atoms with E-state index in [4.69, 9.17) is 5.73 Å². The molecule has 16 heavy (non-hydrogen) atoms. The van der Waals surface area contributed by atoms with Crippen molar-refractivity contribution in [3.63, 3.8) is 0 Å². The fraction of sp³-hybridized carbons (Fsp3) is 0.273. The van der Waals surface area contributed by atoms with Gasteiger partial charge >= 0.3 is 0 Å². The number of hydrogen-bond donors (Lipinski definition) is 1. The Bertz CT molecular complexity index is 519. The summed E-state index contributed by atoms with van der Waals surface area (Å²) in [5, 5.41) is 4.16. The minimum atomic E-state index is -0.337. The van der Waals surface area contributed by atoms with Crippen molar-refractivity contribution in [3.05, 3.63) is 41.2 Å². The van der Waals surface area contributed by atoms with Crippen LogP contribution in [0.25, 0.3) is 5.69 Å². The number of rotatable bonds is 2. The molecule has 0 fully saturated rings. The Kier molecular flexibility index (Phi) is 2.70. The molecule has 2 rings (SSSR count). The molecule has 0 radical (unpaired) electrons. The van der Waals surface area contributed by atoms with E-state index in [0.29, 0.717) is 22.9 Å². The van der Waals surface area contributed by atoms with E-state index in [-0.39, 0.29) is 12.4 Å². The van der Waals surface area contributed by atoms with Crippen LogP contribution in [0.1, 0.15) is 17.2 Å². The van der Waals surface area contributed by atoms with Crippen LogP contribution >= 0.6 is 0 Å². The lowest BCUT2D eigenvalue weighted by molar-refractivity contribution is 0.604. The quantitative estimate of drug-likeness (QED) is 0.834. The van der Waals surface area contributed by atoms with Crippen LogP contribution in [0.4, 0.5) is 4.39 Å². The Morgan fingerprint density at radius 2 is 2.12 bits per heavy atom. The van der Waals surface area contributed by atoms with Gasteiger partial charge in [0.15, 0.2) is 0 Å². The van der Waals surface area contributed by atoms with Crippen LogP contribution in [-0.2, 0) is 6.54 Å². The maximum absolute atomic E-state index is 13.8. The summed E-state index contributed by atoms with van der Waals surface area (Å²) in [6.07, 6.45) is 0. The second kappa shape index (κ2) is 4.02. The van der Waals surface area contributed by atoms with Crippen LogP contribution in [0, 0.1) is 19.7 Å². The number of para-hydroxylation sites is 1. The van der Waals surface area contributed by atoms with Gasteiger partial charge in [0.2, 0.25) is 0 Å². The van der Waals surface area contributed by atoms with Gasteiger partial charge in [-0.3, -0.25) is 0 Å². The molecule has 2 aromatic rings. The Morgan fingerprint density at radius 1 is 1.38 bits per heavy atom. The normalized spacial score (nSPS) is 10.8. The molecule has 0 saturated carbocycles. The smallest absolute Gasteiger partial charge is 0.149 e. The molecule has 0 atom stereocenters. The molecule has 0 amide bonds. The molecule has 0 aliphatic heterocycles. The Labute approximate surface area is 92.9 Å². The average molecular weight is 220 g/mol. The first-order valence-corrected chi connectivity index (χ1v) is 5.01. The average Bonchev–Trinajstić information content (AvgIpc) is 2.57. The van der Waals surface area contributed by atoms with Gasteiger partial charge in [-0.1, -0.05) is 12.1 Å². The lowest BCUT2D eigenvalue weighted by atomic mass is 10.1. The first kappa shape index (κ1) is 10.8. The van der Waals surface area contributed by atoms with Crippen molar-refractivity contribution in [3.8, 4) is 5.69 Å². The highest BCUT2D eigenvalue weighted by Crippen LogP contribution is 2.18. The lowest BCUT2D eigenvalue weighted by Gasteiger charge is -2.09. The van der Waals surface area contributed by atoms with Gasteiger partial charge in [-0.25, -0.2) is 14.1 Å². The molecule has 0 spiro atoms. The van der Waals surface area contributed by atoms with E-state index >= 15 is 0 Å². The van der Waals surface area contributed by atoms with Crippen LogP contribution in [-0.4, -0.2) is 14.8 Å². The van der Waals surface area contributed by atoms with Crippen LogP contribution < -0.4 is 5.73 Å². The number of aryl methyl sites for hydroxylation is 2. The highest BCUT2D eigenvalue weighted by molar-refractivity contribution is 5.42. The molecule has 84 valence electrons. The van der Waals surface area contributed by atoms with E-state index in [1.54, 1.807) is 26.0 Å². The Balaban J connectivity index is 2.67. The molecule has 0 unspecified atom stereocenters. The topological polar surface area (TPSA) is 56.7 Å². The maximum Gasteiger partial charge on any atom is 0.149 e. The third-order valence-electron chi connectivity index (χ3n) is 2.38. The minimum absolute atomic E-state index is 0.269. The molecular formula is C11H13FN4. The van der Waals surface area contributed by atoms with E-state index in [1.165, 1.54) is 10.7 Å². The summed E-state index contributed by atoms with van der Waals surface area (Å²) in [5.41, 5.74) is 6.69. The summed E-state index contributed by atoms with van der Waals surface area (Å²) >= 11 is 0. The summed E-state index contributed by atoms with van der Waals surface area (Å²) in [7, 11) is 0. The second-order valence-corrected chi connectivity index (χ2v) is 3.57. The molecule has 0 aliphatic rings. The lowest BCUT2D eigenvalue weighted by Crippen LogP contribution is -2.09. The van der Waals surface area contributed by atoms with E-state index in [1.807, 2.05) is 0 Å². The summed E-state index contributed by atoms with van der Waals surface area (Å²) in [5.74, 6) is 0.928. The number of halogens is 1. The zero-order chi connectivity index (χ0) is 11.7. The van der Waals surface area contributed by atoms with E-state index in [9.17, 15) is 4.39 Å². The summed E-state index contributed by atoms with van der Waals surface area (Å²) in [4.78, 5) is 4.15. The van der Waals surface area contributed by atoms with Crippen molar-refractivity contribution >= 4 is 0 Å². The molecular weight excluding hydrogens is 207 g/mol.